The summed E-state index contributed by atoms with van der Waals surface area (Å²) < 4.78 is 0. The second kappa shape index (κ2) is 6.66. The zero-order valence-electron chi connectivity index (χ0n) is 15.3. The second-order valence-electron chi connectivity index (χ2n) is 7.86. The standard InChI is InChI=1S/C19H30O2S/c1-9-10-14(19(7,8)13(3)20)16(21)17-12(2)11-15(22-17)18(4,5)6/h11,14H,9-10H2,1-8H3. The van der Waals surface area contributed by atoms with Crippen molar-refractivity contribution in [2.45, 2.75) is 73.6 Å². The maximum Gasteiger partial charge on any atom is 0.177 e. The van der Waals surface area contributed by atoms with Crippen molar-refractivity contribution in [3.63, 3.8) is 0 Å². The molecule has 1 aromatic rings. The molecule has 3 heteroatoms. The van der Waals surface area contributed by atoms with Gasteiger partial charge in [-0.3, -0.25) is 9.59 Å². The minimum absolute atomic E-state index is 0.0459. The molecule has 0 spiro atoms. The average molecular weight is 323 g/mol. The summed E-state index contributed by atoms with van der Waals surface area (Å²) in [5, 5.41) is 0. The van der Waals surface area contributed by atoms with Gasteiger partial charge in [-0.1, -0.05) is 48.0 Å². The predicted octanol–water partition coefficient (Wildman–Crippen LogP) is 5.57. The number of hydrogen-bond donors (Lipinski definition) is 0. The van der Waals surface area contributed by atoms with Gasteiger partial charge >= 0.3 is 0 Å². The van der Waals surface area contributed by atoms with Crippen molar-refractivity contribution in [1.29, 1.82) is 0 Å². The summed E-state index contributed by atoms with van der Waals surface area (Å²) >= 11 is 1.60. The first-order valence-electron chi connectivity index (χ1n) is 8.09. The third-order valence-electron chi connectivity index (χ3n) is 4.55. The van der Waals surface area contributed by atoms with Crippen molar-refractivity contribution in [1.82, 2.24) is 0 Å². The Hall–Kier alpha value is -0.960. The number of carbonyl (C=O) groups is 2. The molecule has 1 unspecified atom stereocenters. The molecule has 2 nitrogen and oxygen atoms in total. The zero-order valence-corrected chi connectivity index (χ0v) is 16.1. The van der Waals surface area contributed by atoms with Gasteiger partial charge < -0.3 is 0 Å². The van der Waals surface area contributed by atoms with Gasteiger partial charge in [-0.05, 0) is 37.3 Å². The van der Waals surface area contributed by atoms with Gasteiger partial charge in [0.2, 0.25) is 0 Å². The van der Waals surface area contributed by atoms with Gasteiger partial charge in [-0.15, -0.1) is 11.3 Å². The Morgan fingerprint density at radius 3 is 2.09 bits per heavy atom. The van der Waals surface area contributed by atoms with Crippen molar-refractivity contribution in [2.75, 3.05) is 0 Å². The molecule has 0 aliphatic heterocycles. The van der Waals surface area contributed by atoms with Gasteiger partial charge in [0.05, 0.1) is 4.88 Å². The van der Waals surface area contributed by atoms with Crippen molar-refractivity contribution >= 4 is 22.9 Å². The minimum atomic E-state index is -0.606. The van der Waals surface area contributed by atoms with E-state index in [0.717, 1.165) is 23.3 Å². The number of ketones is 2. The van der Waals surface area contributed by atoms with Gasteiger partial charge in [0.25, 0.3) is 0 Å². The van der Waals surface area contributed by atoms with E-state index < -0.39 is 5.41 Å². The van der Waals surface area contributed by atoms with Crippen LogP contribution in [0.4, 0.5) is 0 Å². The molecular weight excluding hydrogens is 292 g/mol. The Kier molecular flexibility index (Phi) is 5.77. The van der Waals surface area contributed by atoms with Crippen LogP contribution in [0.2, 0.25) is 0 Å². The van der Waals surface area contributed by atoms with Gasteiger partial charge in [-0.2, -0.15) is 0 Å². The molecule has 0 aromatic carbocycles. The lowest BCUT2D eigenvalue weighted by Gasteiger charge is -2.30. The quantitative estimate of drug-likeness (QED) is 0.642. The minimum Gasteiger partial charge on any atom is -0.299 e. The molecule has 1 aromatic heterocycles. The number of carbonyl (C=O) groups excluding carboxylic acids is 2. The molecule has 0 bridgehead atoms. The van der Waals surface area contributed by atoms with Crippen molar-refractivity contribution in [2.24, 2.45) is 11.3 Å². The van der Waals surface area contributed by atoms with Crippen LogP contribution in [0, 0.1) is 18.3 Å². The molecule has 0 aliphatic rings. The number of aryl methyl sites for hydroxylation is 1. The molecule has 22 heavy (non-hydrogen) atoms. The van der Waals surface area contributed by atoms with Crippen LogP contribution in [0.25, 0.3) is 0 Å². The van der Waals surface area contributed by atoms with E-state index in [0.29, 0.717) is 0 Å². The van der Waals surface area contributed by atoms with E-state index >= 15 is 0 Å². The van der Waals surface area contributed by atoms with E-state index in [1.165, 1.54) is 4.88 Å². The first-order valence-corrected chi connectivity index (χ1v) is 8.90. The highest BCUT2D eigenvalue weighted by atomic mass is 32.1. The first-order chi connectivity index (χ1) is 9.92. The predicted molar refractivity (Wildman–Crippen MR) is 94.9 cm³/mol. The molecular formula is C19H30O2S. The molecule has 124 valence electrons. The third-order valence-corrected chi connectivity index (χ3v) is 6.23. The first kappa shape index (κ1) is 19.1. The molecule has 1 atom stereocenters. The van der Waals surface area contributed by atoms with Crippen molar-refractivity contribution in [3.05, 3.63) is 21.4 Å². The molecule has 0 saturated carbocycles. The summed E-state index contributed by atoms with van der Waals surface area (Å²) in [6, 6.07) is 2.13. The Labute approximate surface area is 139 Å². The molecule has 0 amide bonds. The van der Waals surface area contributed by atoms with E-state index in [-0.39, 0.29) is 22.9 Å². The summed E-state index contributed by atoms with van der Waals surface area (Å²) in [4.78, 5) is 27.2. The fourth-order valence-electron chi connectivity index (χ4n) is 2.61. The van der Waals surface area contributed by atoms with Gasteiger partial charge in [0.1, 0.15) is 5.78 Å². The van der Waals surface area contributed by atoms with Crippen molar-refractivity contribution in [3.8, 4) is 0 Å². The molecule has 0 saturated heterocycles. The van der Waals surface area contributed by atoms with Gasteiger partial charge in [0.15, 0.2) is 5.78 Å². The summed E-state index contributed by atoms with van der Waals surface area (Å²) in [6.45, 7) is 16.0. The maximum absolute atomic E-state index is 13.1. The third kappa shape index (κ3) is 3.87. The summed E-state index contributed by atoms with van der Waals surface area (Å²) in [6.07, 6.45) is 1.66. The van der Waals surface area contributed by atoms with Crippen molar-refractivity contribution < 1.29 is 9.59 Å². The van der Waals surface area contributed by atoms with E-state index in [1.54, 1.807) is 18.3 Å². The smallest absolute Gasteiger partial charge is 0.177 e. The van der Waals surface area contributed by atoms with E-state index in [4.69, 9.17) is 0 Å². The van der Waals surface area contributed by atoms with E-state index in [9.17, 15) is 9.59 Å². The molecule has 0 aliphatic carbocycles. The van der Waals surface area contributed by atoms with Crippen LogP contribution < -0.4 is 0 Å². The summed E-state index contributed by atoms with van der Waals surface area (Å²) in [5.41, 5.74) is 0.482. The topological polar surface area (TPSA) is 34.1 Å². The molecule has 1 rings (SSSR count). The Bertz CT molecular complexity index is 558. The fourth-order valence-corrected chi connectivity index (χ4v) is 3.83. The Balaban J connectivity index is 3.27. The number of rotatable bonds is 6. The van der Waals surface area contributed by atoms with Crippen LogP contribution >= 0.6 is 11.3 Å². The Morgan fingerprint density at radius 2 is 1.73 bits per heavy atom. The number of Topliss-reactive ketones (excluding diaryl/α,β-unsaturated/α-hetero) is 2. The van der Waals surface area contributed by atoms with Crippen LogP contribution in [0.3, 0.4) is 0 Å². The Morgan fingerprint density at radius 1 is 1.18 bits per heavy atom. The monoisotopic (exact) mass is 322 g/mol. The largest absolute Gasteiger partial charge is 0.299 e. The van der Waals surface area contributed by atoms with Crippen LogP contribution in [-0.4, -0.2) is 11.6 Å². The second-order valence-corrected chi connectivity index (χ2v) is 8.91. The van der Waals surface area contributed by atoms with Gasteiger partial charge in [0, 0.05) is 16.2 Å². The molecule has 0 fully saturated rings. The molecule has 0 N–H and O–H groups in total. The SMILES string of the molecule is CCCC(C(=O)c1sc(C(C)(C)C)cc1C)C(C)(C)C(C)=O. The lowest BCUT2D eigenvalue weighted by atomic mass is 9.71. The summed E-state index contributed by atoms with van der Waals surface area (Å²) in [7, 11) is 0. The van der Waals surface area contributed by atoms with Gasteiger partial charge in [-0.25, -0.2) is 0 Å². The zero-order chi connectivity index (χ0) is 17.3. The van der Waals surface area contributed by atoms with E-state index in [2.05, 4.69) is 33.8 Å². The lowest BCUT2D eigenvalue weighted by molar-refractivity contribution is -0.126. The van der Waals surface area contributed by atoms with Crippen LogP contribution in [0.15, 0.2) is 6.07 Å². The number of hydrogen-bond acceptors (Lipinski definition) is 3. The maximum atomic E-state index is 13.1. The highest BCUT2D eigenvalue weighted by molar-refractivity contribution is 7.14. The van der Waals surface area contributed by atoms with Crippen LogP contribution in [0.5, 0.6) is 0 Å². The normalized spacial score (nSPS) is 14.0. The number of thiophene rings is 1. The average Bonchev–Trinajstić information content (AvgIpc) is 2.76. The van der Waals surface area contributed by atoms with E-state index in [1.807, 2.05) is 20.8 Å². The van der Waals surface area contributed by atoms with Crippen LogP contribution in [-0.2, 0) is 10.2 Å². The summed E-state index contributed by atoms with van der Waals surface area (Å²) in [5.74, 6) is -0.00947. The fraction of sp³-hybridized carbons (Fsp3) is 0.684. The molecule has 1 heterocycles. The highest BCUT2D eigenvalue weighted by Gasteiger charge is 2.39. The van der Waals surface area contributed by atoms with Crippen LogP contribution in [0.1, 0.15) is 81.4 Å². The lowest BCUT2D eigenvalue weighted by Crippen LogP contribution is -2.36. The highest BCUT2D eigenvalue weighted by Crippen LogP contribution is 2.39. The molecule has 0 radical (unpaired) electrons.